The van der Waals surface area contributed by atoms with E-state index in [0.717, 1.165) is 49.0 Å². The van der Waals surface area contributed by atoms with Gasteiger partial charge in [0.25, 0.3) is 0 Å². The minimum Gasteiger partial charge on any atom is -0.361 e. The second-order valence-electron chi connectivity index (χ2n) is 9.12. The van der Waals surface area contributed by atoms with Crippen molar-refractivity contribution in [1.29, 1.82) is 0 Å². The summed E-state index contributed by atoms with van der Waals surface area (Å²) in [5.41, 5.74) is 5.02. The number of aryl methyl sites for hydroxylation is 1. The lowest BCUT2D eigenvalue weighted by atomic mass is 9.79. The minimum absolute atomic E-state index is 0.0796. The molecule has 5 rings (SSSR count). The van der Waals surface area contributed by atoms with Gasteiger partial charge in [-0.25, -0.2) is 4.98 Å². The van der Waals surface area contributed by atoms with Crippen molar-refractivity contribution in [2.45, 2.75) is 51.1 Å². The Hall–Kier alpha value is -2.70. The van der Waals surface area contributed by atoms with Gasteiger partial charge in [-0.3, -0.25) is 0 Å². The van der Waals surface area contributed by atoms with Gasteiger partial charge in [0.2, 0.25) is 5.95 Å². The molecule has 7 heteroatoms. The van der Waals surface area contributed by atoms with Crippen LogP contribution < -0.4 is 15.5 Å². The average Bonchev–Trinajstić information content (AvgIpc) is 3.46. The van der Waals surface area contributed by atoms with E-state index in [-0.39, 0.29) is 5.41 Å². The summed E-state index contributed by atoms with van der Waals surface area (Å²) in [7, 11) is 0. The maximum Gasteiger partial charge on any atom is 0.231 e. The van der Waals surface area contributed by atoms with Gasteiger partial charge in [0, 0.05) is 41.8 Å². The Bertz CT molecular complexity index is 1130. The predicted octanol–water partition coefficient (Wildman–Crippen LogP) is 5.76. The number of anilines is 2. The van der Waals surface area contributed by atoms with Crippen LogP contribution in [0.3, 0.4) is 0 Å². The van der Waals surface area contributed by atoms with Gasteiger partial charge in [0.15, 0.2) is 5.11 Å². The van der Waals surface area contributed by atoms with E-state index in [0.29, 0.717) is 11.1 Å². The molecule has 1 aliphatic carbocycles. The Balaban J connectivity index is 1.26. The summed E-state index contributed by atoms with van der Waals surface area (Å²) in [4.78, 5) is 11.6. The third-order valence-electron chi connectivity index (χ3n) is 6.84. The molecule has 0 amide bonds. The van der Waals surface area contributed by atoms with E-state index in [4.69, 9.17) is 28.8 Å². The van der Waals surface area contributed by atoms with Crippen LogP contribution in [0.5, 0.6) is 0 Å². The Labute approximate surface area is 205 Å². The van der Waals surface area contributed by atoms with Crippen molar-refractivity contribution in [3.05, 3.63) is 82.0 Å². The van der Waals surface area contributed by atoms with Crippen LogP contribution in [0.4, 0.5) is 11.8 Å². The Morgan fingerprint density at radius 1 is 1.03 bits per heavy atom. The normalized spacial score (nSPS) is 16.5. The van der Waals surface area contributed by atoms with Gasteiger partial charge in [-0.2, -0.15) is 4.98 Å². The van der Waals surface area contributed by atoms with Crippen LogP contribution in [0.25, 0.3) is 0 Å². The monoisotopic (exact) mass is 477 g/mol. The van der Waals surface area contributed by atoms with Gasteiger partial charge in [-0.1, -0.05) is 60.8 Å². The second-order valence-corrected chi connectivity index (χ2v) is 9.96. The van der Waals surface area contributed by atoms with E-state index in [1.54, 1.807) is 0 Å². The number of halogens is 1. The molecule has 0 unspecified atom stereocenters. The molecule has 0 radical (unpaired) electrons. The summed E-state index contributed by atoms with van der Waals surface area (Å²) in [5.74, 6) is 1.45. The SMILES string of the molecule is Cc1cc(N2Cc3ccccc3C2)nc(NC(=S)NCC2(c3ccc(Cl)cc3)CCCC2)n1. The van der Waals surface area contributed by atoms with Crippen LogP contribution in [-0.4, -0.2) is 21.6 Å². The van der Waals surface area contributed by atoms with Gasteiger partial charge in [-0.15, -0.1) is 0 Å². The number of fused-ring (bicyclic) bond motifs is 1. The zero-order valence-electron chi connectivity index (χ0n) is 18.8. The van der Waals surface area contributed by atoms with Gasteiger partial charge >= 0.3 is 0 Å². The van der Waals surface area contributed by atoms with Crippen molar-refractivity contribution >= 4 is 40.7 Å². The van der Waals surface area contributed by atoms with Gasteiger partial charge in [0.05, 0.1) is 0 Å². The fourth-order valence-corrected chi connectivity index (χ4v) is 5.37. The zero-order chi connectivity index (χ0) is 22.8. The number of benzene rings is 2. The van der Waals surface area contributed by atoms with Gasteiger partial charge in [0.1, 0.15) is 5.82 Å². The molecule has 5 nitrogen and oxygen atoms in total. The number of hydrogen-bond acceptors (Lipinski definition) is 4. The van der Waals surface area contributed by atoms with E-state index in [2.05, 4.69) is 56.9 Å². The molecular weight excluding hydrogens is 450 g/mol. The zero-order valence-corrected chi connectivity index (χ0v) is 20.3. The van der Waals surface area contributed by atoms with Crippen molar-refractivity contribution in [3.8, 4) is 0 Å². The molecule has 170 valence electrons. The molecular formula is C26H28ClN5S. The van der Waals surface area contributed by atoms with Crippen LogP contribution in [0.1, 0.15) is 48.1 Å². The molecule has 0 atom stereocenters. The van der Waals surface area contributed by atoms with Crippen molar-refractivity contribution < 1.29 is 0 Å². The number of thiocarbonyl (C=S) groups is 1. The smallest absolute Gasteiger partial charge is 0.231 e. The summed E-state index contributed by atoms with van der Waals surface area (Å²) in [6, 6.07) is 18.8. The summed E-state index contributed by atoms with van der Waals surface area (Å²) < 4.78 is 0. The Kier molecular flexibility index (Phi) is 6.21. The molecule has 3 aromatic rings. The largest absolute Gasteiger partial charge is 0.361 e. The minimum atomic E-state index is 0.0796. The summed E-state index contributed by atoms with van der Waals surface area (Å²) in [5, 5.41) is 7.98. The molecule has 0 bridgehead atoms. The van der Waals surface area contributed by atoms with E-state index in [1.807, 2.05) is 25.1 Å². The number of aromatic nitrogens is 2. The number of rotatable bonds is 5. The standard InChI is InChI=1S/C26H28ClN5S/c1-18-14-23(32-15-19-6-2-3-7-20(19)16-32)30-24(29-18)31-25(33)28-17-26(12-4-5-13-26)21-8-10-22(27)11-9-21/h2-3,6-11,14H,4-5,12-13,15-17H2,1H3,(H2,28,29,30,31,33). The van der Waals surface area contributed by atoms with Gasteiger partial charge < -0.3 is 15.5 Å². The molecule has 2 N–H and O–H groups in total. The highest BCUT2D eigenvalue weighted by atomic mass is 35.5. The highest BCUT2D eigenvalue weighted by Crippen LogP contribution is 2.41. The average molecular weight is 478 g/mol. The third kappa shape index (κ3) is 4.82. The molecule has 1 fully saturated rings. The molecule has 2 aliphatic rings. The quantitative estimate of drug-likeness (QED) is 0.456. The van der Waals surface area contributed by atoms with Crippen molar-refractivity contribution in [3.63, 3.8) is 0 Å². The second kappa shape index (κ2) is 9.27. The van der Waals surface area contributed by atoms with E-state index < -0.39 is 0 Å². The van der Waals surface area contributed by atoms with Crippen LogP contribution in [0.15, 0.2) is 54.6 Å². The maximum atomic E-state index is 6.12. The number of hydrogen-bond donors (Lipinski definition) is 2. The fraction of sp³-hybridized carbons (Fsp3) is 0.346. The first-order chi connectivity index (χ1) is 16.0. The molecule has 2 aromatic carbocycles. The topological polar surface area (TPSA) is 53.1 Å². The summed E-state index contributed by atoms with van der Waals surface area (Å²) >= 11 is 11.7. The maximum absolute atomic E-state index is 6.12. The Morgan fingerprint density at radius 2 is 1.70 bits per heavy atom. The van der Waals surface area contributed by atoms with Crippen LogP contribution in [0, 0.1) is 6.92 Å². The molecule has 2 heterocycles. The molecule has 1 aliphatic heterocycles. The molecule has 0 spiro atoms. The van der Waals surface area contributed by atoms with E-state index in [9.17, 15) is 0 Å². The van der Waals surface area contributed by atoms with Crippen molar-refractivity contribution in [2.75, 3.05) is 16.8 Å². The number of nitrogens with one attached hydrogen (secondary N) is 2. The van der Waals surface area contributed by atoms with E-state index in [1.165, 1.54) is 29.5 Å². The molecule has 1 aromatic heterocycles. The van der Waals surface area contributed by atoms with E-state index >= 15 is 0 Å². The summed E-state index contributed by atoms with van der Waals surface area (Å²) in [6.07, 6.45) is 4.75. The third-order valence-corrected chi connectivity index (χ3v) is 7.33. The lowest BCUT2D eigenvalue weighted by molar-refractivity contribution is 0.435. The highest BCUT2D eigenvalue weighted by Gasteiger charge is 2.35. The first kappa shape index (κ1) is 22.1. The molecule has 1 saturated carbocycles. The van der Waals surface area contributed by atoms with Crippen LogP contribution in [0.2, 0.25) is 5.02 Å². The first-order valence-corrected chi connectivity index (χ1v) is 12.3. The van der Waals surface area contributed by atoms with Crippen molar-refractivity contribution in [2.24, 2.45) is 0 Å². The lowest BCUT2D eigenvalue weighted by Crippen LogP contribution is -2.41. The predicted molar refractivity (Wildman–Crippen MR) is 139 cm³/mol. The molecule has 33 heavy (non-hydrogen) atoms. The fourth-order valence-electron chi connectivity index (χ4n) is 5.08. The first-order valence-electron chi connectivity index (χ1n) is 11.5. The van der Waals surface area contributed by atoms with Crippen molar-refractivity contribution in [1.82, 2.24) is 15.3 Å². The van der Waals surface area contributed by atoms with Gasteiger partial charge in [-0.05, 0) is 60.8 Å². The lowest BCUT2D eigenvalue weighted by Gasteiger charge is -2.30. The number of nitrogens with zero attached hydrogens (tertiary/aromatic N) is 3. The Morgan fingerprint density at radius 3 is 2.36 bits per heavy atom. The van der Waals surface area contributed by atoms with Crippen LogP contribution in [-0.2, 0) is 18.5 Å². The molecule has 0 saturated heterocycles. The van der Waals surface area contributed by atoms with Crippen LogP contribution >= 0.6 is 23.8 Å². The highest BCUT2D eigenvalue weighted by molar-refractivity contribution is 7.80. The summed E-state index contributed by atoms with van der Waals surface area (Å²) in [6.45, 7) is 4.49.